The Morgan fingerprint density at radius 2 is 2.05 bits per heavy atom. The third-order valence-corrected chi connectivity index (χ3v) is 3.07. The quantitative estimate of drug-likeness (QED) is 0.877. The number of halogens is 1. The standard InChI is InChI=1S/C15H18ClN3O/c1-15(2,3)9-18-14(20)19-12-7-6-11(16)10-5-4-8-17-13(10)12/h4-8H,9H2,1-3H3,(H2,18,19,20). The van der Waals surface area contributed by atoms with Crippen LogP contribution in [0.3, 0.4) is 0 Å². The van der Waals surface area contributed by atoms with Crippen molar-refractivity contribution >= 4 is 34.2 Å². The summed E-state index contributed by atoms with van der Waals surface area (Å²) in [5, 5.41) is 7.09. The number of nitrogens with zero attached hydrogens (tertiary/aromatic N) is 1. The van der Waals surface area contributed by atoms with E-state index in [2.05, 4.69) is 36.4 Å². The van der Waals surface area contributed by atoms with E-state index in [1.54, 1.807) is 18.3 Å². The average molecular weight is 292 g/mol. The molecule has 0 spiro atoms. The number of benzene rings is 1. The van der Waals surface area contributed by atoms with Gasteiger partial charge < -0.3 is 10.6 Å². The highest BCUT2D eigenvalue weighted by atomic mass is 35.5. The maximum absolute atomic E-state index is 11.9. The first-order valence-corrected chi connectivity index (χ1v) is 6.83. The highest BCUT2D eigenvalue weighted by molar-refractivity contribution is 6.35. The van der Waals surface area contributed by atoms with Crippen LogP contribution in [0, 0.1) is 5.41 Å². The van der Waals surface area contributed by atoms with Gasteiger partial charge in [0.1, 0.15) is 0 Å². The third-order valence-electron chi connectivity index (χ3n) is 2.74. The van der Waals surface area contributed by atoms with Gasteiger partial charge in [-0.1, -0.05) is 32.4 Å². The molecule has 0 saturated heterocycles. The molecule has 4 nitrogen and oxygen atoms in total. The summed E-state index contributed by atoms with van der Waals surface area (Å²) in [7, 11) is 0. The normalized spacial score (nSPS) is 11.4. The van der Waals surface area contributed by atoms with E-state index in [1.165, 1.54) is 0 Å². The van der Waals surface area contributed by atoms with E-state index in [-0.39, 0.29) is 11.4 Å². The summed E-state index contributed by atoms with van der Waals surface area (Å²) in [6, 6.07) is 6.97. The van der Waals surface area contributed by atoms with Crippen LogP contribution in [0.4, 0.5) is 10.5 Å². The molecule has 0 atom stereocenters. The van der Waals surface area contributed by atoms with Gasteiger partial charge in [0.2, 0.25) is 0 Å². The van der Waals surface area contributed by atoms with Gasteiger partial charge >= 0.3 is 6.03 Å². The number of aromatic nitrogens is 1. The Hall–Kier alpha value is -1.81. The van der Waals surface area contributed by atoms with E-state index in [4.69, 9.17) is 11.6 Å². The van der Waals surface area contributed by atoms with Gasteiger partial charge in [-0.25, -0.2) is 4.79 Å². The van der Waals surface area contributed by atoms with Crippen molar-refractivity contribution in [3.8, 4) is 0 Å². The summed E-state index contributed by atoms with van der Waals surface area (Å²) in [5.74, 6) is 0. The second kappa shape index (κ2) is 5.67. The lowest BCUT2D eigenvalue weighted by atomic mass is 9.97. The van der Waals surface area contributed by atoms with Crippen LogP contribution >= 0.6 is 11.6 Å². The maximum atomic E-state index is 11.9. The molecule has 1 aromatic carbocycles. The van der Waals surface area contributed by atoms with Crippen LogP contribution in [0.15, 0.2) is 30.5 Å². The highest BCUT2D eigenvalue weighted by Gasteiger charge is 2.13. The molecular weight excluding hydrogens is 274 g/mol. The number of rotatable bonds is 2. The van der Waals surface area contributed by atoms with Crippen LogP contribution in [-0.2, 0) is 0 Å². The number of nitrogens with one attached hydrogen (secondary N) is 2. The Bertz CT molecular complexity index is 635. The van der Waals surface area contributed by atoms with Crippen molar-refractivity contribution in [1.29, 1.82) is 0 Å². The molecule has 20 heavy (non-hydrogen) atoms. The van der Waals surface area contributed by atoms with Crippen LogP contribution in [0.25, 0.3) is 10.9 Å². The summed E-state index contributed by atoms with van der Waals surface area (Å²) in [5.41, 5.74) is 1.37. The Kier molecular flexibility index (Phi) is 4.14. The number of fused-ring (bicyclic) bond motifs is 1. The number of urea groups is 1. The van der Waals surface area contributed by atoms with E-state index in [1.807, 2.05) is 12.1 Å². The van der Waals surface area contributed by atoms with Crippen molar-refractivity contribution < 1.29 is 4.79 Å². The molecule has 0 aliphatic rings. The molecule has 0 saturated carbocycles. The van der Waals surface area contributed by atoms with Crippen molar-refractivity contribution in [2.75, 3.05) is 11.9 Å². The first kappa shape index (κ1) is 14.6. The maximum Gasteiger partial charge on any atom is 0.319 e. The Morgan fingerprint density at radius 3 is 2.75 bits per heavy atom. The van der Waals surface area contributed by atoms with E-state index in [0.29, 0.717) is 22.8 Å². The second-order valence-corrected chi connectivity index (χ2v) is 6.27. The SMILES string of the molecule is CC(C)(C)CNC(=O)Nc1ccc(Cl)c2cccnc12. The molecule has 0 aliphatic heterocycles. The largest absolute Gasteiger partial charge is 0.337 e. The summed E-state index contributed by atoms with van der Waals surface area (Å²) in [4.78, 5) is 16.2. The first-order chi connectivity index (χ1) is 9.37. The monoisotopic (exact) mass is 291 g/mol. The van der Waals surface area contributed by atoms with Gasteiger partial charge in [-0.2, -0.15) is 0 Å². The topological polar surface area (TPSA) is 54.0 Å². The summed E-state index contributed by atoms with van der Waals surface area (Å²) < 4.78 is 0. The lowest BCUT2D eigenvalue weighted by Crippen LogP contribution is -2.35. The lowest BCUT2D eigenvalue weighted by Gasteiger charge is -2.19. The van der Waals surface area contributed by atoms with E-state index in [0.717, 1.165) is 5.39 Å². The summed E-state index contributed by atoms with van der Waals surface area (Å²) in [6.45, 7) is 6.78. The minimum absolute atomic E-state index is 0.0393. The van der Waals surface area contributed by atoms with Crippen LogP contribution in [0.2, 0.25) is 5.02 Å². The number of anilines is 1. The van der Waals surface area contributed by atoms with Gasteiger partial charge in [0, 0.05) is 18.1 Å². The number of amides is 2. The van der Waals surface area contributed by atoms with E-state index in [9.17, 15) is 4.79 Å². The Balaban J connectivity index is 2.18. The van der Waals surface area contributed by atoms with Gasteiger partial charge in [0.05, 0.1) is 16.2 Å². The molecule has 0 aliphatic carbocycles. The third kappa shape index (κ3) is 3.61. The number of pyridine rings is 1. The van der Waals surface area contributed by atoms with Crippen molar-refractivity contribution in [2.24, 2.45) is 5.41 Å². The molecule has 1 heterocycles. The smallest absolute Gasteiger partial charge is 0.319 e. The first-order valence-electron chi connectivity index (χ1n) is 6.45. The Labute approximate surface area is 123 Å². The van der Waals surface area contributed by atoms with Crippen LogP contribution in [-0.4, -0.2) is 17.6 Å². The van der Waals surface area contributed by atoms with Gasteiger partial charge in [-0.15, -0.1) is 0 Å². The molecule has 0 bridgehead atoms. The Morgan fingerprint density at radius 1 is 1.30 bits per heavy atom. The molecule has 2 amide bonds. The molecule has 0 unspecified atom stereocenters. The van der Waals surface area contributed by atoms with Crippen molar-refractivity contribution in [2.45, 2.75) is 20.8 Å². The van der Waals surface area contributed by atoms with Gasteiger partial charge in [0.25, 0.3) is 0 Å². The minimum Gasteiger partial charge on any atom is -0.337 e. The van der Waals surface area contributed by atoms with Crippen molar-refractivity contribution in [3.63, 3.8) is 0 Å². The molecular formula is C15H18ClN3O. The molecule has 0 fully saturated rings. The van der Waals surface area contributed by atoms with Crippen LogP contribution in [0.5, 0.6) is 0 Å². The predicted molar refractivity (Wildman–Crippen MR) is 83.2 cm³/mol. The average Bonchev–Trinajstić information content (AvgIpc) is 2.39. The predicted octanol–water partition coefficient (Wildman–Crippen LogP) is 4.06. The van der Waals surface area contributed by atoms with Gasteiger partial charge in [0.15, 0.2) is 0 Å². The molecule has 2 aromatic rings. The lowest BCUT2D eigenvalue weighted by molar-refractivity contribution is 0.247. The zero-order valence-electron chi connectivity index (χ0n) is 11.8. The van der Waals surface area contributed by atoms with E-state index >= 15 is 0 Å². The molecule has 106 valence electrons. The van der Waals surface area contributed by atoms with E-state index < -0.39 is 0 Å². The van der Waals surface area contributed by atoms with Gasteiger partial charge in [-0.3, -0.25) is 4.98 Å². The molecule has 2 rings (SSSR count). The molecule has 5 heteroatoms. The second-order valence-electron chi connectivity index (χ2n) is 5.86. The minimum atomic E-state index is -0.241. The number of hydrogen-bond acceptors (Lipinski definition) is 2. The number of hydrogen-bond donors (Lipinski definition) is 2. The van der Waals surface area contributed by atoms with Crippen molar-refractivity contribution in [1.82, 2.24) is 10.3 Å². The number of carbonyl (C=O) groups is 1. The summed E-state index contributed by atoms with van der Waals surface area (Å²) in [6.07, 6.45) is 1.68. The molecule has 1 aromatic heterocycles. The van der Waals surface area contributed by atoms with Crippen LogP contribution < -0.4 is 10.6 Å². The fourth-order valence-electron chi connectivity index (χ4n) is 1.75. The van der Waals surface area contributed by atoms with Gasteiger partial charge in [-0.05, 0) is 29.7 Å². The van der Waals surface area contributed by atoms with Crippen molar-refractivity contribution in [3.05, 3.63) is 35.5 Å². The molecule has 2 N–H and O–H groups in total. The summed E-state index contributed by atoms with van der Waals surface area (Å²) >= 11 is 6.12. The zero-order chi connectivity index (χ0) is 14.8. The fraction of sp³-hybridized carbons (Fsp3) is 0.333. The zero-order valence-corrected chi connectivity index (χ0v) is 12.6. The number of carbonyl (C=O) groups excluding carboxylic acids is 1. The fourth-order valence-corrected chi connectivity index (χ4v) is 1.97. The van der Waals surface area contributed by atoms with Crippen LogP contribution in [0.1, 0.15) is 20.8 Å². The highest BCUT2D eigenvalue weighted by Crippen LogP contribution is 2.27. The molecule has 0 radical (unpaired) electrons.